The van der Waals surface area contributed by atoms with Crippen LogP contribution in [0.3, 0.4) is 0 Å². The van der Waals surface area contributed by atoms with Gasteiger partial charge in [-0.2, -0.15) is 0 Å². The number of nitrogens with one attached hydrogen (secondary N) is 2. The zero-order chi connectivity index (χ0) is 14.9. The highest BCUT2D eigenvalue weighted by molar-refractivity contribution is 9.10. The van der Waals surface area contributed by atoms with Crippen molar-refractivity contribution in [1.29, 1.82) is 5.41 Å². The topological polar surface area (TPSA) is 95.6 Å². The van der Waals surface area contributed by atoms with Gasteiger partial charge in [-0.25, -0.2) is 4.98 Å². The number of anilines is 1. The van der Waals surface area contributed by atoms with Gasteiger partial charge in [0.1, 0.15) is 10.4 Å². The molecule has 0 saturated heterocycles. The third-order valence-electron chi connectivity index (χ3n) is 3.15. The Balaban J connectivity index is 2.56. The summed E-state index contributed by atoms with van der Waals surface area (Å²) in [6.45, 7) is 3.75. The molecule has 0 saturated carbocycles. The molecular weight excluding hydrogens is 320 g/mol. The fraction of sp³-hybridized carbons (Fsp3) is 0.214. The molecule has 104 valence electrons. The van der Waals surface area contributed by atoms with Gasteiger partial charge >= 0.3 is 0 Å². The van der Waals surface area contributed by atoms with E-state index in [0.29, 0.717) is 22.2 Å². The van der Waals surface area contributed by atoms with Crippen LogP contribution in [-0.4, -0.2) is 16.2 Å². The highest BCUT2D eigenvalue weighted by atomic mass is 79.9. The van der Waals surface area contributed by atoms with Crippen LogP contribution in [0.25, 0.3) is 0 Å². The standard InChI is InChI=1S/C14H15BrN4O/c1-7-3-8(2)18-14(20)10(7)4-9-5-12(15)19-13(17)11(9)6-16/h3,5-6,16H,4H2,1-2H3,(H2,17,19)(H,18,20). The molecule has 0 aromatic carbocycles. The molecular formula is C14H15BrN4O. The number of hydrogen-bond acceptors (Lipinski definition) is 4. The van der Waals surface area contributed by atoms with E-state index in [9.17, 15) is 4.79 Å². The van der Waals surface area contributed by atoms with Crippen LogP contribution in [0.2, 0.25) is 0 Å². The lowest BCUT2D eigenvalue weighted by molar-refractivity contribution is 1.02. The Morgan fingerprint density at radius 3 is 2.75 bits per heavy atom. The van der Waals surface area contributed by atoms with E-state index in [1.165, 1.54) is 6.21 Å². The van der Waals surface area contributed by atoms with Crippen LogP contribution < -0.4 is 11.3 Å². The first kappa shape index (κ1) is 14.5. The van der Waals surface area contributed by atoms with Crippen molar-refractivity contribution in [3.8, 4) is 0 Å². The molecule has 2 aromatic rings. The number of aryl methyl sites for hydroxylation is 2. The average Bonchev–Trinajstić information content (AvgIpc) is 2.33. The molecule has 0 spiro atoms. The molecule has 0 bridgehead atoms. The Bertz CT molecular complexity index is 737. The molecule has 0 aliphatic carbocycles. The molecule has 0 amide bonds. The summed E-state index contributed by atoms with van der Waals surface area (Å²) in [4.78, 5) is 18.9. The van der Waals surface area contributed by atoms with Crippen LogP contribution in [0, 0.1) is 19.3 Å². The number of nitrogens with zero attached hydrogens (tertiary/aromatic N) is 1. The molecule has 6 heteroatoms. The Labute approximate surface area is 124 Å². The molecule has 2 rings (SSSR count). The summed E-state index contributed by atoms with van der Waals surface area (Å²) < 4.78 is 0.594. The highest BCUT2D eigenvalue weighted by Crippen LogP contribution is 2.21. The zero-order valence-corrected chi connectivity index (χ0v) is 12.8. The zero-order valence-electron chi connectivity index (χ0n) is 11.2. The van der Waals surface area contributed by atoms with E-state index in [2.05, 4.69) is 25.9 Å². The quantitative estimate of drug-likeness (QED) is 0.593. The normalized spacial score (nSPS) is 10.6. The summed E-state index contributed by atoms with van der Waals surface area (Å²) in [7, 11) is 0. The van der Waals surface area contributed by atoms with Gasteiger partial charge in [-0.3, -0.25) is 4.79 Å². The summed E-state index contributed by atoms with van der Waals surface area (Å²) in [6.07, 6.45) is 1.58. The second kappa shape index (κ2) is 5.58. The predicted molar refractivity (Wildman–Crippen MR) is 83.6 cm³/mol. The number of pyridine rings is 2. The lowest BCUT2D eigenvalue weighted by Crippen LogP contribution is -2.17. The van der Waals surface area contributed by atoms with E-state index in [1.807, 2.05) is 19.9 Å². The van der Waals surface area contributed by atoms with E-state index >= 15 is 0 Å². The van der Waals surface area contributed by atoms with Crippen LogP contribution in [0.5, 0.6) is 0 Å². The van der Waals surface area contributed by atoms with Gasteiger partial charge in [-0.05, 0) is 53.0 Å². The van der Waals surface area contributed by atoms with Crippen molar-refractivity contribution < 1.29 is 0 Å². The van der Waals surface area contributed by atoms with E-state index < -0.39 is 0 Å². The van der Waals surface area contributed by atoms with Crippen molar-refractivity contribution in [2.24, 2.45) is 0 Å². The van der Waals surface area contributed by atoms with E-state index in [1.54, 1.807) is 6.07 Å². The number of hydrogen-bond donors (Lipinski definition) is 3. The van der Waals surface area contributed by atoms with Crippen molar-refractivity contribution in [1.82, 2.24) is 9.97 Å². The van der Waals surface area contributed by atoms with Gasteiger partial charge < -0.3 is 16.1 Å². The van der Waals surface area contributed by atoms with Gasteiger partial charge in [0.25, 0.3) is 5.56 Å². The molecule has 5 nitrogen and oxygen atoms in total. The lowest BCUT2D eigenvalue weighted by Gasteiger charge is -2.10. The molecule has 0 aliphatic heterocycles. The van der Waals surface area contributed by atoms with Gasteiger partial charge in [0, 0.05) is 29.5 Å². The second-order valence-electron chi connectivity index (χ2n) is 4.67. The molecule has 0 unspecified atom stereocenters. The molecule has 2 heterocycles. The largest absolute Gasteiger partial charge is 0.383 e. The Morgan fingerprint density at radius 2 is 2.15 bits per heavy atom. The van der Waals surface area contributed by atoms with Crippen molar-refractivity contribution in [2.45, 2.75) is 20.3 Å². The number of aromatic nitrogens is 2. The predicted octanol–water partition coefficient (Wildman–Crippen LogP) is 2.32. The molecule has 0 radical (unpaired) electrons. The number of halogens is 1. The molecule has 4 N–H and O–H groups in total. The highest BCUT2D eigenvalue weighted by Gasteiger charge is 2.12. The van der Waals surface area contributed by atoms with E-state index in [0.717, 1.165) is 16.8 Å². The summed E-state index contributed by atoms with van der Waals surface area (Å²) in [5.74, 6) is 0.283. The third-order valence-corrected chi connectivity index (χ3v) is 3.55. The first-order valence-corrected chi connectivity index (χ1v) is 6.86. The molecule has 0 fully saturated rings. The fourth-order valence-electron chi connectivity index (χ4n) is 2.20. The van der Waals surface area contributed by atoms with Crippen molar-refractivity contribution in [2.75, 3.05) is 5.73 Å². The molecule has 0 aliphatic rings. The monoisotopic (exact) mass is 334 g/mol. The summed E-state index contributed by atoms with van der Waals surface area (Å²) in [5, 5.41) is 7.46. The minimum Gasteiger partial charge on any atom is -0.383 e. The Kier molecular flexibility index (Phi) is 4.04. The summed E-state index contributed by atoms with van der Waals surface area (Å²) in [5.41, 5.74) is 9.49. The smallest absolute Gasteiger partial charge is 0.251 e. The van der Waals surface area contributed by atoms with Crippen LogP contribution in [0.1, 0.15) is 27.9 Å². The number of aromatic amines is 1. The lowest BCUT2D eigenvalue weighted by atomic mass is 9.99. The van der Waals surface area contributed by atoms with Gasteiger partial charge in [0.2, 0.25) is 0 Å². The molecule has 0 atom stereocenters. The Morgan fingerprint density at radius 1 is 1.45 bits per heavy atom. The first-order chi connectivity index (χ1) is 9.42. The maximum atomic E-state index is 12.1. The summed E-state index contributed by atoms with van der Waals surface area (Å²) >= 11 is 3.29. The maximum Gasteiger partial charge on any atom is 0.251 e. The Hall–Kier alpha value is -1.95. The van der Waals surface area contributed by atoms with Crippen molar-refractivity contribution >= 4 is 28.0 Å². The van der Waals surface area contributed by atoms with Gasteiger partial charge in [-0.1, -0.05) is 0 Å². The van der Waals surface area contributed by atoms with Crippen molar-refractivity contribution in [3.63, 3.8) is 0 Å². The van der Waals surface area contributed by atoms with Crippen molar-refractivity contribution in [3.05, 3.63) is 55.0 Å². The van der Waals surface area contributed by atoms with E-state index in [-0.39, 0.29) is 11.4 Å². The third kappa shape index (κ3) is 2.80. The van der Waals surface area contributed by atoms with Crippen LogP contribution in [-0.2, 0) is 6.42 Å². The van der Waals surface area contributed by atoms with Crippen LogP contribution in [0.4, 0.5) is 5.82 Å². The minimum absolute atomic E-state index is 0.107. The van der Waals surface area contributed by atoms with Gasteiger partial charge in [-0.15, -0.1) is 0 Å². The second-order valence-corrected chi connectivity index (χ2v) is 5.48. The average molecular weight is 335 g/mol. The van der Waals surface area contributed by atoms with E-state index in [4.69, 9.17) is 11.1 Å². The number of nitrogen functional groups attached to an aromatic ring is 1. The molecule has 20 heavy (non-hydrogen) atoms. The minimum atomic E-state index is -0.107. The number of nitrogens with two attached hydrogens (primary N) is 1. The number of rotatable bonds is 3. The van der Waals surface area contributed by atoms with Crippen LogP contribution >= 0.6 is 15.9 Å². The summed E-state index contributed by atoms with van der Waals surface area (Å²) in [6, 6.07) is 3.72. The molecule has 2 aromatic heterocycles. The first-order valence-electron chi connectivity index (χ1n) is 6.07. The van der Waals surface area contributed by atoms with Gasteiger partial charge in [0.15, 0.2) is 0 Å². The maximum absolute atomic E-state index is 12.1. The number of H-pyrrole nitrogens is 1. The van der Waals surface area contributed by atoms with Crippen LogP contribution in [0.15, 0.2) is 21.5 Å². The fourth-order valence-corrected chi connectivity index (χ4v) is 2.67. The van der Waals surface area contributed by atoms with Gasteiger partial charge in [0.05, 0.1) is 0 Å². The SMILES string of the molecule is Cc1cc(C)c(Cc2cc(Br)nc(N)c2C=N)c(=O)[nH]1.